The van der Waals surface area contributed by atoms with Gasteiger partial charge in [-0.3, -0.25) is 0 Å². The lowest BCUT2D eigenvalue weighted by atomic mass is 9.83. The van der Waals surface area contributed by atoms with Crippen molar-refractivity contribution in [1.82, 2.24) is 0 Å². The van der Waals surface area contributed by atoms with Crippen molar-refractivity contribution >= 4 is 54.5 Å². The van der Waals surface area contributed by atoms with Crippen LogP contribution in [0.1, 0.15) is 22.3 Å². The topological polar surface area (TPSA) is 56.3 Å². The summed E-state index contributed by atoms with van der Waals surface area (Å²) >= 11 is 0. The highest BCUT2D eigenvalue weighted by Crippen LogP contribution is 2.49. The fourth-order valence-electron chi connectivity index (χ4n) is 4.82. The quantitative estimate of drug-likeness (QED) is 0.162. The summed E-state index contributed by atoms with van der Waals surface area (Å²) in [5, 5.41) is 26.0. The van der Waals surface area contributed by atoms with Crippen LogP contribution in [0, 0.1) is 49.7 Å². The molecule has 0 fully saturated rings. The summed E-state index contributed by atoms with van der Waals surface area (Å²) in [5.74, 6) is 0. The molecule has 4 nitrogen and oxygen atoms in total. The molecule has 30 heavy (non-hydrogen) atoms. The number of aryl methyl sites for hydroxylation is 2. The van der Waals surface area contributed by atoms with Crippen molar-refractivity contribution < 1.29 is 0 Å². The van der Waals surface area contributed by atoms with Crippen molar-refractivity contribution in [3.63, 3.8) is 0 Å². The first-order valence-corrected chi connectivity index (χ1v) is 9.32. The van der Waals surface area contributed by atoms with Gasteiger partial charge in [-0.2, -0.15) is 10.5 Å². The molecule has 136 valence electrons. The van der Waals surface area contributed by atoms with Gasteiger partial charge in [-0.15, -0.1) is 0 Å². The number of nitriles is 2. The minimum atomic E-state index is 0.513. The molecule has 0 amide bonds. The lowest BCUT2D eigenvalue weighted by Crippen LogP contribution is -1.94. The first-order chi connectivity index (χ1) is 14.5. The van der Waals surface area contributed by atoms with Crippen LogP contribution in [0.3, 0.4) is 0 Å². The van der Waals surface area contributed by atoms with Gasteiger partial charge in [0.15, 0.2) is 11.4 Å². The third-order valence-electron chi connectivity index (χ3n) is 5.94. The third kappa shape index (κ3) is 1.95. The Hall–Kier alpha value is -4.64. The minimum absolute atomic E-state index is 0.513. The van der Waals surface area contributed by atoms with Gasteiger partial charge < -0.3 is 0 Å². The zero-order valence-electron chi connectivity index (χ0n) is 16.3. The summed E-state index contributed by atoms with van der Waals surface area (Å²) in [7, 11) is 0. The lowest BCUT2D eigenvalue weighted by molar-refractivity contribution is 1.48. The van der Waals surface area contributed by atoms with Gasteiger partial charge in [0.1, 0.15) is 0 Å². The van der Waals surface area contributed by atoms with Crippen LogP contribution in [-0.2, 0) is 0 Å². The molecule has 0 aromatic heterocycles. The predicted molar refractivity (Wildman–Crippen MR) is 119 cm³/mol. The maximum Gasteiger partial charge on any atom is 0.195 e. The average molecular weight is 380 g/mol. The van der Waals surface area contributed by atoms with Crippen LogP contribution in [0.15, 0.2) is 36.4 Å². The smallest absolute Gasteiger partial charge is 0.195 e. The molecule has 5 aromatic carbocycles. The standard InChI is InChI=1S/C26H12N4/c1-13-9-19(29-3)23-18-8-6-16(12-28)22-14(2)10-20(30-4)24(26(18)22)17-7-5-15(11-27)21(13)25(17)23/h5-10H,1-2H3. The molecule has 0 N–H and O–H groups in total. The average Bonchev–Trinajstić information content (AvgIpc) is 2.77. The van der Waals surface area contributed by atoms with Gasteiger partial charge in [0.05, 0.1) is 36.4 Å². The van der Waals surface area contributed by atoms with Crippen molar-refractivity contribution in [3.8, 4) is 12.1 Å². The first kappa shape index (κ1) is 17.5. The Labute approximate surface area is 172 Å². The van der Waals surface area contributed by atoms with Gasteiger partial charge in [-0.25, -0.2) is 9.69 Å². The van der Waals surface area contributed by atoms with Gasteiger partial charge >= 0.3 is 0 Å². The van der Waals surface area contributed by atoms with Gasteiger partial charge in [0.2, 0.25) is 0 Å². The Morgan fingerprint density at radius 1 is 0.633 bits per heavy atom. The zero-order valence-corrected chi connectivity index (χ0v) is 16.3. The van der Waals surface area contributed by atoms with E-state index in [1.54, 1.807) is 12.1 Å². The molecule has 0 aliphatic carbocycles. The summed E-state index contributed by atoms with van der Waals surface area (Å²) in [6.07, 6.45) is 0. The number of hydrogen-bond acceptors (Lipinski definition) is 2. The van der Waals surface area contributed by atoms with E-state index in [4.69, 9.17) is 13.1 Å². The molecular formula is C26H12N4. The molecule has 0 heterocycles. The van der Waals surface area contributed by atoms with Gasteiger partial charge in [0, 0.05) is 10.8 Å². The predicted octanol–water partition coefficient (Wildman–Crippen LogP) is 7.20. The highest BCUT2D eigenvalue weighted by Gasteiger charge is 2.22. The van der Waals surface area contributed by atoms with Crippen LogP contribution >= 0.6 is 0 Å². The number of nitrogens with zero attached hydrogens (tertiary/aromatic N) is 4. The van der Waals surface area contributed by atoms with Crippen molar-refractivity contribution in [3.05, 3.63) is 81.5 Å². The number of benzene rings is 5. The van der Waals surface area contributed by atoms with E-state index in [9.17, 15) is 10.5 Å². The van der Waals surface area contributed by atoms with Crippen LogP contribution in [0.4, 0.5) is 11.4 Å². The highest BCUT2D eigenvalue weighted by molar-refractivity contribution is 6.38. The molecule has 0 bridgehead atoms. The van der Waals surface area contributed by atoms with Crippen LogP contribution in [0.25, 0.3) is 52.8 Å². The minimum Gasteiger partial charge on any atom is -0.237 e. The summed E-state index contributed by atoms with van der Waals surface area (Å²) in [6, 6.07) is 15.5. The van der Waals surface area contributed by atoms with E-state index < -0.39 is 0 Å². The number of hydrogen-bond donors (Lipinski definition) is 0. The summed E-state index contributed by atoms with van der Waals surface area (Å²) in [6.45, 7) is 19.4. The second kappa shape index (κ2) is 5.93. The van der Waals surface area contributed by atoms with Crippen LogP contribution in [0.2, 0.25) is 0 Å². The Kier molecular flexibility index (Phi) is 3.45. The Morgan fingerprint density at radius 3 is 1.37 bits per heavy atom. The fraction of sp³-hybridized carbons (Fsp3) is 0.0769. The number of fused-ring (bicyclic) bond motifs is 2. The normalized spacial score (nSPS) is 10.9. The van der Waals surface area contributed by atoms with E-state index in [-0.39, 0.29) is 0 Å². The number of rotatable bonds is 0. The molecule has 0 aliphatic rings. The SMILES string of the molecule is [C-]#[N+]c1cc(C)c2c(C#N)ccc3c4c([N+]#[C-])cc(C)c5c(C#N)ccc(c1c23)c54. The van der Waals surface area contributed by atoms with E-state index in [2.05, 4.69) is 21.8 Å². The maximum absolute atomic E-state index is 9.72. The van der Waals surface area contributed by atoms with E-state index in [0.29, 0.717) is 22.5 Å². The molecule has 0 atom stereocenters. The molecule has 5 aromatic rings. The molecule has 0 spiro atoms. The van der Waals surface area contributed by atoms with Gasteiger partial charge in [-0.1, -0.05) is 35.4 Å². The van der Waals surface area contributed by atoms with Gasteiger partial charge in [0.25, 0.3) is 0 Å². The van der Waals surface area contributed by atoms with E-state index >= 15 is 0 Å². The molecule has 0 aliphatic heterocycles. The van der Waals surface area contributed by atoms with E-state index in [1.807, 2.05) is 38.1 Å². The maximum atomic E-state index is 9.72. The first-order valence-electron chi connectivity index (χ1n) is 9.32. The fourth-order valence-corrected chi connectivity index (χ4v) is 4.82. The highest BCUT2D eigenvalue weighted by atomic mass is 14.7. The Balaban J connectivity index is 2.33. The summed E-state index contributed by atoms with van der Waals surface area (Å²) in [4.78, 5) is 7.58. The van der Waals surface area contributed by atoms with Crippen LogP contribution in [-0.4, -0.2) is 0 Å². The molecule has 0 radical (unpaired) electrons. The monoisotopic (exact) mass is 380 g/mol. The van der Waals surface area contributed by atoms with Crippen LogP contribution < -0.4 is 0 Å². The Bertz CT molecular complexity index is 1610. The van der Waals surface area contributed by atoms with Crippen LogP contribution in [0.5, 0.6) is 0 Å². The second-order valence-corrected chi connectivity index (χ2v) is 7.44. The van der Waals surface area contributed by atoms with E-state index in [0.717, 1.165) is 54.2 Å². The third-order valence-corrected chi connectivity index (χ3v) is 5.94. The van der Waals surface area contributed by atoms with Crippen molar-refractivity contribution in [2.24, 2.45) is 0 Å². The molecule has 0 saturated carbocycles. The molecule has 4 heteroatoms. The van der Waals surface area contributed by atoms with E-state index in [1.165, 1.54) is 0 Å². The zero-order chi connectivity index (χ0) is 21.2. The summed E-state index contributed by atoms with van der Waals surface area (Å²) < 4.78 is 0. The second-order valence-electron chi connectivity index (χ2n) is 7.44. The Morgan fingerprint density at radius 2 is 1.03 bits per heavy atom. The van der Waals surface area contributed by atoms with Gasteiger partial charge in [-0.05, 0) is 58.3 Å². The van der Waals surface area contributed by atoms with Crippen molar-refractivity contribution in [2.75, 3.05) is 0 Å². The van der Waals surface area contributed by atoms with Crippen molar-refractivity contribution in [1.29, 1.82) is 10.5 Å². The van der Waals surface area contributed by atoms with Crippen molar-refractivity contribution in [2.45, 2.75) is 13.8 Å². The molecule has 0 saturated heterocycles. The molecule has 5 rings (SSSR count). The largest absolute Gasteiger partial charge is 0.237 e. The summed E-state index contributed by atoms with van der Waals surface area (Å²) in [5.41, 5.74) is 3.85. The molecular weight excluding hydrogens is 368 g/mol. The lowest BCUT2D eigenvalue weighted by Gasteiger charge is -2.20. The molecule has 0 unspecified atom stereocenters.